The van der Waals surface area contributed by atoms with E-state index in [-0.39, 0.29) is 23.9 Å². The van der Waals surface area contributed by atoms with Gasteiger partial charge in [-0.05, 0) is 35.2 Å². The Balaban J connectivity index is 1.45. The number of para-hydroxylation sites is 1. The van der Waals surface area contributed by atoms with Gasteiger partial charge in [-0.2, -0.15) is 5.10 Å². The van der Waals surface area contributed by atoms with Crippen molar-refractivity contribution in [3.63, 3.8) is 0 Å². The minimum absolute atomic E-state index is 0.144. The second kappa shape index (κ2) is 9.76. The largest absolute Gasteiger partial charge is 0.354 e. The second-order valence-electron chi connectivity index (χ2n) is 8.72. The molecule has 0 radical (unpaired) electrons. The number of hydrogen-bond acceptors (Lipinski definition) is 3. The maximum Gasteiger partial charge on any atom is 0.291 e. The topological polar surface area (TPSA) is 68.9 Å². The molecule has 0 saturated heterocycles. The molecular weight excluding hydrogens is 460 g/mol. The second-order valence-corrected chi connectivity index (χ2v) is 9.16. The molecule has 5 aromatic rings. The van der Waals surface area contributed by atoms with E-state index in [0.29, 0.717) is 23.6 Å². The minimum atomic E-state index is -0.299. The molecule has 0 aliphatic rings. The van der Waals surface area contributed by atoms with E-state index in [4.69, 9.17) is 11.6 Å². The lowest BCUT2D eigenvalue weighted by atomic mass is 10.0. The average molecular weight is 485 g/mol. The van der Waals surface area contributed by atoms with E-state index in [9.17, 15) is 9.59 Å². The summed E-state index contributed by atoms with van der Waals surface area (Å²) in [6.45, 7) is 2.87. The van der Waals surface area contributed by atoms with Crippen molar-refractivity contribution in [2.45, 2.75) is 25.9 Å². The van der Waals surface area contributed by atoms with Crippen molar-refractivity contribution in [2.24, 2.45) is 0 Å². The van der Waals surface area contributed by atoms with Crippen molar-refractivity contribution in [1.29, 1.82) is 0 Å². The van der Waals surface area contributed by atoms with Crippen LogP contribution >= 0.6 is 11.6 Å². The molecule has 3 aromatic carbocycles. The van der Waals surface area contributed by atoms with Crippen LogP contribution in [-0.4, -0.2) is 26.8 Å². The zero-order valence-electron chi connectivity index (χ0n) is 19.3. The standard InChI is InChI=1S/C28H25ClN4O2/c1-19(21-9-3-2-4-10-21)15-30-26(34)18-33-28(35)27-24(16-31-33)23-12-5-6-13-25(23)32(27)17-20-8-7-11-22(29)14-20/h2-14,16,19H,15,17-18H2,1H3,(H,30,34)/t19-/m1/s1. The fourth-order valence-electron chi connectivity index (χ4n) is 4.45. The monoisotopic (exact) mass is 484 g/mol. The summed E-state index contributed by atoms with van der Waals surface area (Å²) in [7, 11) is 0. The third-order valence-electron chi connectivity index (χ3n) is 6.27. The minimum Gasteiger partial charge on any atom is -0.354 e. The number of aromatic nitrogens is 3. The van der Waals surface area contributed by atoms with E-state index in [0.717, 1.165) is 27.4 Å². The first-order chi connectivity index (χ1) is 17.0. The summed E-state index contributed by atoms with van der Waals surface area (Å²) < 4.78 is 3.21. The molecule has 0 aliphatic carbocycles. The molecule has 2 heterocycles. The summed E-state index contributed by atoms with van der Waals surface area (Å²) in [5.41, 5.74) is 3.28. The molecule has 1 amide bonds. The normalized spacial score (nSPS) is 12.2. The molecule has 7 heteroatoms. The summed E-state index contributed by atoms with van der Waals surface area (Å²) >= 11 is 6.20. The fraction of sp³-hybridized carbons (Fsp3) is 0.179. The summed E-state index contributed by atoms with van der Waals surface area (Å²) in [6.07, 6.45) is 1.67. The van der Waals surface area contributed by atoms with Crippen LogP contribution < -0.4 is 10.9 Å². The first-order valence-electron chi connectivity index (χ1n) is 11.5. The predicted molar refractivity (Wildman–Crippen MR) is 140 cm³/mol. The van der Waals surface area contributed by atoms with Crippen LogP contribution in [0.1, 0.15) is 24.0 Å². The predicted octanol–water partition coefficient (Wildman–Crippen LogP) is 4.97. The molecule has 176 valence electrons. The van der Waals surface area contributed by atoms with Gasteiger partial charge in [-0.3, -0.25) is 9.59 Å². The number of carbonyl (C=O) groups is 1. The van der Waals surface area contributed by atoms with Gasteiger partial charge in [-0.15, -0.1) is 0 Å². The van der Waals surface area contributed by atoms with Gasteiger partial charge in [0.1, 0.15) is 12.1 Å². The summed E-state index contributed by atoms with van der Waals surface area (Å²) in [5, 5.41) is 9.61. The van der Waals surface area contributed by atoms with Gasteiger partial charge in [0.25, 0.3) is 5.56 Å². The van der Waals surface area contributed by atoms with Crippen LogP contribution in [-0.2, 0) is 17.9 Å². The molecule has 5 rings (SSSR count). The molecule has 1 atom stereocenters. The Kier molecular flexibility index (Phi) is 6.38. The molecule has 1 N–H and O–H groups in total. The quantitative estimate of drug-likeness (QED) is 0.354. The molecule has 2 aromatic heterocycles. The van der Waals surface area contributed by atoms with Crippen LogP contribution in [0.15, 0.2) is 89.9 Å². The molecule has 0 saturated carbocycles. The van der Waals surface area contributed by atoms with Crippen LogP contribution in [0.5, 0.6) is 0 Å². The van der Waals surface area contributed by atoms with Gasteiger partial charge in [0.05, 0.1) is 6.20 Å². The molecule has 0 spiro atoms. The highest BCUT2D eigenvalue weighted by molar-refractivity contribution is 6.30. The number of nitrogens with one attached hydrogen (secondary N) is 1. The lowest BCUT2D eigenvalue weighted by Crippen LogP contribution is -2.35. The molecule has 0 bridgehead atoms. The number of amides is 1. The van der Waals surface area contributed by atoms with Crippen molar-refractivity contribution in [1.82, 2.24) is 19.7 Å². The first-order valence-corrected chi connectivity index (χ1v) is 11.9. The third-order valence-corrected chi connectivity index (χ3v) is 6.51. The van der Waals surface area contributed by atoms with Gasteiger partial charge in [0, 0.05) is 34.4 Å². The number of rotatable bonds is 7. The van der Waals surface area contributed by atoms with E-state index in [2.05, 4.69) is 17.3 Å². The number of benzene rings is 3. The van der Waals surface area contributed by atoms with Gasteiger partial charge < -0.3 is 9.88 Å². The molecule has 6 nitrogen and oxygen atoms in total. The number of fused-ring (bicyclic) bond motifs is 3. The Labute approximate surface area is 207 Å². The highest BCUT2D eigenvalue weighted by atomic mass is 35.5. The highest BCUT2D eigenvalue weighted by Gasteiger charge is 2.17. The number of halogens is 1. The smallest absolute Gasteiger partial charge is 0.291 e. The zero-order chi connectivity index (χ0) is 24.4. The summed E-state index contributed by atoms with van der Waals surface area (Å²) in [5.74, 6) is -0.0910. The number of nitrogens with zero attached hydrogens (tertiary/aromatic N) is 3. The van der Waals surface area contributed by atoms with Crippen LogP contribution in [0, 0.1) is 0 Å². The summed E-state index contributed by atoms with van der Waals surface area (Å²) in [4.78, 5) is 26.2. The maximum absolute atomic E-state index is 13.5. The maximum atomic E-state index is 13.5. The van der Waals surface area contributed by atoms with E-state index in [1.165, 1.54) is 4.68 Å². The average Bonchev–Trinajstić information content (AvgIpc) is 3.19. The molecule has 0 fully saturated rings. The molecule has 0 unspecified atom stereocenters. The van der Waals surface area contributed by atoms with Gasteiger partial charge >= 0.3 is 0 Å². The van der Waals surface area contributed by atoms with E-state index < -0.39 is 0 Å². The summed E-state index contributed by atoms with van der Waals surface area (Å²) in [6, 6.07) is 25.5. The first kappa shape index (κ1) is 22.9. The highest BCUT2D eigenvalue weighted by Crippen LogP contribution is 2.27. The molecule has 35 heavy (non-hydrogen) atoms. The van der Waals surface area contributed by atoms with Crippen LogP contribution in [0.25, 0.3) is 21.8 Å². The van der Waals surface area contributed by atoms with E-state index >= 15 is 0 Å². The molecular formula is C28H25ClN4O2. The fourth-order valence-corrected chi connectivity index (χ4v) is 4.66. The van der Waals surface area contributed by atoms with E-state index in [1.54, 1.807) is 6.20 Å². The van der Waals surface area contributed by atoms with Gasteiger partial charge in [-0.1, -0.05) is 79.2 Å². The van der Waals surface area contributed by atoms with Crippen molar-refractivity contribution < 1.29 is 4.79 Å². The van der Waals surface area contributed by atoms with Crippen molar-refractivity contribution in [3.8, 4) is 0 Å². The zero-order valence-corrected chi connectivity index (χ0v) is 20.1. The number of carbonyl (C=O) groups excluding carboxylic acids is 1. The Hall–Kier alpha value is -3.90. The van der Waals surface area contributed by atoms with Gasteiger partial charge in [0.2, 0.25) is 5.91 Å². The Morgan fingerprint density at radius 3 is 2.57 bits per heavy atom. The number of hydrogen-bond donors (Lipinski definition) is 1. The molecule has 0 aliphatic heterocycles. The Morgan fingerprint density at radius 1 is 1.00 bits per heavy atom. The van der Waals surface area contributed by atoms with Gasteiger partial charge in [0.15, 0.2) is 0 Å². The Morgan fingerprint density at radius 2 is 1.77 bits per heavy atom. The van der Waals surface area contributed by atoms with Crippen molar-refractivity contribution in [2.75, 3.05) is 6.54 Å². The van der Waals surface area contributed by atoms with Crippen molar-refractivity contribution >= 4 is 39.3 Å². The SMILES string of the molecule is C[C@H](CNC(=O)Cn1ncc2c3ccccc3n(Cc3cccc(Cl)c3)c2c1=O)c1ccccc1. The lowest BCUT2D eigenvalue weighted by Gasteiger charge is -2.13. The van der Waals surface area contributed by atoms with Crippen molar-refractivity contribution in [3.05, 3.63) is 112 Å². The van der Waals surface area contributed by atoms with Crippen LogP contribution in [0.3, 0.4) is 0 Å². The van der Waals surface area contributed by atoms with Crippen LogP contribution in [0.2, 0.25) is 5.02 Å². The third kappa shape index (κ3) is 4.70. The van der Waals surface area contributed by atoms with E-state index in [1.807, 2.05) is 83.4 Å². The van der Waals surface area contributed by atoms with Gasteiger partial charge in [-0.25, -0.2) is 4.68 Å². The lowest BCUT2D eigenvalue weighted by molar-refractivity contribution is -0.121. The Bertz CT molecular complexity index is 1570. The van der Waals surface area contributed by atoms with Crippen LogP contribution in [0.4, 0.5) is 0 Å².